The molecule has 0 radical (unpaired) electrons. The molecule has 0 aliphatic heterocycles. The average molecular weight is 365 g/mol. The molecule has 1 aliphatic carbocycles. The first-order valence-corrected chi connectivity index (χ1v) is 9.77. The lowest BCUT2D eigenvalue weighted by molar-refractivity contribution is -0.150. The summed E-state index contributed by atoms with van der Waals surface area (Å²) in [6.07, 6.45) is 0.521. The second-order valence-corrected chi connectivity index (χ2v) is 8.45. The first kappa shape index (κ1) is 20.7. The van der Waals surface area contributed by atoms with E-state index in [0.717, 1.165) is 6.26 Å². The van der Waals surface area contributed by atoms with Crippen molar-refractivity contribution in [1.29, 1.82) is 0 Å². The molecule has 8 nitrogen and oxygen atoms in total. The molecule has 0 bridgehead atoms. The van der Waals surface area contributed by atoms with Gasteiger partial charge in [0.1, 0.15) is 5.60 Å². The van der Waals surface area contributed by atoms with Gasteiger partial charge in [-0.25, -0.2) is 4.79 Å². The van der Waals surface area contributed by atoms with Crippen molar-refractivity contribution in [3.05, 3.63) is 0 Å². The van der Waals surface area contributed by atoms with Gasteiger partial charge in [0.05, 0.1) is 30.9 Å². The molecule has 1 fully saturated rings. The number of carbonyl (C=O) groups excluding carboxylic acids is 2. The quantitative estimate of drug-likeness (QED) is 0.582. The lowest BCUT2D eigenvalue weighted by Gasteiger charge is -2.35. The fourth-order valence-corrected chi connectivity index (χ4v) is 3.25. The van der Waals surface area contributed by atoms with Crippen LogP contribution in [0.5, 0.6) is 0 Å². The highest BCUT2D eigenvalue weighted by molar-refractivity contribution is 7.86. The summed E-state index contributed by atoms with van der Waals surface area (Å²) in [5.74, 6) is -0.768. The van der Waals surface area contributed by atoms with Crippen LogP contribution in [0.4, 0.5) is 4.79 Å². The molecule has 0 heterocycles. The zero-order valence-corrected chi connectivity index (χ0v) is 15.6. The fourth-order valence-electron chi connectivity index (χ4n) is 2.57. The predicted molar refractivity (Wildman–Crippen MR) is 86.8 cm³/mol. The van der Waals surface area contributed by atoms with Crippen molar-refractivity contribution < 1.29 is 31.7 Å². The Kier molecular flexibility index (Phi) is 7.03. The highest BCUT2D eigenvalue weighted by atomic mass is 32.2. The van der Waals surface area contributed by atoms with Gasteiger partial charge in [-0.05, 0) is 47.0 Å². The molecule has 1 N–H and O–H groups in total. The normalized spacial score (nSPS) is 25.0. The third-order valence-electron chi connectivity index (χ3n) is 3.41. The van der Waals surface area contributed by atoms with E-state index in [0.29, 0.717) is 12.8 Å². The predicted octanol–water partition coefficient (Wildman–Crippen LogP) is 1.59. The van der Waals surface area contributed by atoms with Crippen LogP contribution in [0.1, 0.15) is 47.0 Å². The highest BCUT2D eigenvalue weighted by Gasteiger charge is 2.38. The van der Waals surface area contributed by atoms with E-state index in [2.05, 4.69) is 5.32 Å². The van der Waals surface area contributed by atoms with E-state index >= 15 is 0 Å². The molecule has 0 aromatic rings. The molecule has 3 atom stereocenters. The summed E-state index contributed by atoms with van der Waals surface area (Å²) in [6.45, 7) is 7.15. The molecular weight excluding hydrogens is 338 g/mol. The van der Waals surface area contributed by atoms with Crippen LogP contribution in [0, 0.1) is 5.92 Å². The number of hydrogen-bond acceptors (Lipinski definition) is 7. The van der Waals surface area contributed by atoms with Crippen molar-refractivity contribution in [2.75, 3.05) is 12.9 Å². The van der Waals surface area contributed by atoms with Gasteiger partial charge in [0.25, 0.3) is 10.1 Å². The largest absolute Gasteiger partial charge is 0.466 e. The Morgan fingerprint density at radius 2 is 1.83 bits per heavy atom. The van der Waals surface area contributed by atoms with Crippen LogP contribution in [0.15, 0.2) is 0 Å². The van der Waals surface area contributed by atoms with Crippen LogP contribution in [0.25, 0.3) is 0 Å². The first-order valence-electron chi connectivity index (χ1n) is 7.95. The Morgan fingerprint density at radius 1 is 1.21 bits per heavy atom. The van der Waals surface area contributed by atoms with E-state index in [1.807, 2.05) is 0 Å². The topological polar surface area (TPSA) is 108 Å². The van der Waals surface area contributed by atoms with Crippen LogP contribution >= 0.6 is 0 Å². The van der Waals surface area contributed by atoms with Gasteiger partial charge in [0.15, 0.2) is 0 Å². The molecule has 0 aromatic carbocycles. The zero-order chi connectivity index (χ0) is 18.5. The molecule has 140 valence electrons. The zero-order valence-electron chi connectivity index (χ0n) is 14.8. The third-order valence-corrected chi connectivity index (χ3v) is 4.00. The van der Waals surface area contributed by atoms with Gasteiger partial charge in [-0.3, -0.25) is 8.98 Å². The maximum atomic E-state index is 12.0. The maximum Gasteiger partial charge on any atom is 0.407 e. The fraction of sp³-hybridized carbons (Fsp3) is 0.867. The number of esters is 1. The summed E-state index contributed by atoms with van der Waals surface area (Å²) in [5.41, 5.74) is -0.688. The molecule has 1 saturated carbocycles. The van der Waals surface area contributed by atoms with Gasteiger partial charge in [-0.2, -0.15) is 8.42 Å². The number of ether oxygens (including phenoxy) is 2. The molecule has 1 amide bonds. The van der Waals surface area contributed by atoms with Crippen LogP contribution in [0.2, 0.25) is 0 Å². The summed E-state index contributed by atoms with van der Waals surface area (Å²) >= 11 is 0. The van der Waals surface area contributed by atoms with Gasteiger partial charge in [-0.15, -0.1) is 0 Å². The van der Waals surface area contributed by atoms with Crippen molar-refractivity contribution in [2.45, 2.75) is 64.7 Å². The van der Waals surface area contributed by atoms with Crippen molar-refractivity contribution in [2.24, 2.45) is 5.92 Å². The van der Waals surface area contributed by atoms with E-state index < -0.39 is 39.9 Å². The maximum absolute atomic E-state index is 12.0. The minimum Gasteiger partial charge on any atom is -0.466 e. The Hall–Kier alpha value is -1.35. The molecule has 0 spiro atoms. The standard InChI is InChI=1S/C15H27NO7S/c1-6-21-13(17)10-7-8-12(23-24(5,19)20)11(9-10)16-14(18)22-15(2,3)4/h10-12H,6-9H2,1-5H3,(H,16,18)/t10-,11+,12+/m1/s1. The lowest BCUT2D eigenvalue weighted by atomic mass is 9.84. The van der Waals surface area contributed by atoms with Gasteiger partial charge >= 0.3 is 12.1 Å². The molecule has 0 saturated heterocycles. The Bertz CT molecular complexity index is 553. The van der Waals surface area contributed by atoms with Crippen molar-refractivity contribution in [3.63, 3.8) is 0 Å². The van der Waals surface area contributed by atoms with Gasteiger partial charge < -0.3 is 14.8 Å². The Balaban J connectivity index is 2.82. The molecule has 0 unspecified atom stereocenters. The monoisotopic (exact) mass is 365 g/mol. The summed E-state index contributed by atoms with van der Waals surface area (Å²) in [5, 5.41) is 2.62. The van der Waals surface area contributed by atoms with E-state index in [1.165, 1.54) is 0 Å². The number of amides is 1. The van der Waals surface area contributed by atoms with E-state index in [-0.39, 0.29) is 19.0 Å². The minimum atomic E-state index is -3.68. The summed E-state index contributed by atoms with van der Waals surface area (Å²) < 4.78 is 38.1. The van der Waals surface area contributed by atoms with Crippen molar-refractivity contribution >= 4 is 22.2 Å². The third kappa shape index (κ3) is 7.48. The second-order valence-electron chi connectivity index (χ2n) is 6.85. The molecule has 9 heteroatoms. The van der Waals surface area contributed by atoms with Crippen LogP contribution in [-0.2, 0) is 28.6 Å². The highest BCUT2D eigenvalue weighted by Crippen LogP contribution is 2.29. The molecule has 24 heavy (non-hydrogen) atoms. The number of nitrogens with one attached hydrogen (secondary N) is 1. The summed E-state index contributed by atoms with van der Waals surface area (Å²) in [6, 6.07) is -0.655. The number of carbonyl (C=O) groups is 2. The molecule has 0 aromatic heterocycles. The van der Waals surface area contributed by atoms with E-state index in [1.54, 1.807) is 27.7 Å². The average Bonchev–Trinajstić information content (AvgIpc) is 2.37. The summed E-state index contributed by atoms with van der Waals surface area (Å²) in [4.78, 5) is 23.9. The van der Waals surface area contributed by atoms with Crippen LogP contribution in [0.3, 0.4) is 0 Å². The second kappa shape index (κ2) is 8.15. The van der Waals surface area contributed by atoms with Crippen LogP contribution < -0.4 is 5.32 Å². The van der Waals surface area contributed by atoms with Gasteiger partial charge in [0.2, 0.25) is 0 Å². The number of alkyl carbamates (subject to hydrolysis) is 1. The number of rotatable bonds is 5. The smallest absolute Gasteiger partial charge is 0.407 e. The lowest BCUT2D eigenvalue weighted by Crippen LogP contribution is -2.51. The molecule has 1 rings (SSSR count). The van der Waals surface area contributed by atoms with E-state index in [4.69, 9.17) is 13.7 Å². The van der Waals surface area contributed by atoms with Gasteiger partial charge in [0, 0.05) is 0 Å². The Labute approximate surface area is 143 Å². The first-order chi connectivity index (χ1) is 10.9. The SMILES string of the molecule is CCOC(=O)[C@@H]1CC[C@H](OS(C)(=O)=O)[C@@H](NC(=O)OC(C)(C)C)C1. The Morgan fingerprint density at radius 3 is 2.33 bits per heavy atom. The molecular formula is C15H27NO7S. The minimum absolute atomic E-state index is 0.234. The summed E-state index contributed by atoms with van der Waals surface area (Å²) in [7, 11) is -3.68. The van der Waals surface area contributed by atoms with Crippen molar-refractivity contribution in [1.82, 2.24) is 5.32 Å². The molecule has 1 aliphatic rings. The van der Waals surface area contributed by atoms with E-state index in [9.17, 15) is 18.0 Å². The van der Waals surface area contributed by atoms with Crippen LogP contribution in [-0.4, -0.2) is 51.1 Å². The van der Waals surface area contributed by atoms with Gasteiger partial charge in [-0.1, -0.05) is 0 Å². The van der Waals surface area contributed by atoms with Crippen molar-refractivity contribution in [3.8, 4) is 0 Å². The number of hydrogen-bond donors (Lipinski definition) is 1.